The summed E-state index contributed by atoms with van der Waals surface area (Å²) in [4.78, 5) is 26.6. The maximum atomic E-state index is 11.5. The molecule has 0 aromatic carbocycles. The molecule has 1 fully saturated rings. The predicted octanol–water partition coefficient (Wildman–Crippen LogP) is 2.55. The zero-order valence-corrected chi connectivity index (χ0v) is 11.5. The summed E-state index contributed by atoms with van der Waals surface area (Å²) >= 11 is 0. The first-order valence-electron chi connectivity index (χ1n) is 6.64. The fourth-order valence-electron chi connectivity index (χ4n) is 2.22. The number of carbonyl (C=O) groups is 2. The molecule has 0 saturated heterocycles. The molecule has 0 aromatic rings. The molecule has 102 valence electrons. The summed E-state index contributed by atoms with van der Waals surface area (Å²) in [5, 5.41) is 0. The molecule has 0 N–H and O–H groups in total. The van der Waals surface area contributed by atoms with E-state index in [4.69, 9.17) is 4.74 Å². The molecular formula is C14H23NO3. The van der Waals surface area contributed by atoms with Crippen molar-refractivity contribution in [2.75, 3.05) is 0 Å². The number of aliphatic imine (C=N–C) groups is 1. The lowest BCUT2D eigenvalue weighted by molar-refractivity contribution is -0.145. The van der Waals surface area contributed by atoms with E-state index in [2.05, 4.69) is 4.99 Å². The molecule has 18 heavy (non-hydrogen) atoms. The Bertz CT molecular complexity index is 311. The maximum Gasteiger partial charge on any atom is 0.349 e. The molecule has 1 atom stereocenters. The van der Waals surface area contributed by atoms with Gasteiger partial charge in [-0.2, -0.15) is 0 Å². The van der Waals surface area contributed by atoms with Crippen molar-refractivity contribution < 1.29 is 14.3 Å². The molecule has 1 aliphatic carbocycles. The van der Waals surface area contributed by atoms with E-state index in [1.165, 1.54) is 6.42 Å². The van der Waals surface area contributed by atoms with Crippen LogP contribution in [-0.2, 0) is 14.3 Å². The van der Waals surface area contributed by atoms with Crippen molar-refractivity contribution in [3.63, 3.8) is 0 Å². The molecule has 0 amide bonds. The summed E-state index contributed by atoms with van der Waals surface area (Å²) in [6.07, 6.45) is 7.58. The third-order valence-corrected chi connectivity index (χ3v) is 3.03. The number of nitrogens with zero attached hydrogens (tertiary/aromatic N) is 1. The predicted molar refractivity (Wildman–Crippen MR) is 70.8 cm³/mol. The molecule has 4 heteroatoms. The van der Waals surface area contributed by atoms with Gasteiger partial charge in [0.15, 0.2) is 0 Å². The molecule has 4 nitrogen and oxygen atoms in total. The van der Waals surface area contributed by atoms with Crippen LogP contribution in [0.25, 0.3) is 0 Å². The van der Waals surface area contributed by atoms with Gasteiger partial charge in [0.1, 0.15) is 24.1 Å². The topological polar surface area (TPSA) is 55.7 Å². The number of aldehydes is 1. The van der Waals surface area contributed by atoms with Crippen LogP contribution in [-0.4, -0.2) is 30.1 Å². The Morgan fingerprint density at radius 2 is 1.89 bits per heavy atom. The van der Waals surface area contributed by atoms with Crippen LogP contribution in [0, 0.1) is 5.92 Å². The first-order chi connectivity index (χ1) is 8.42. The first kappa shape index (κ1) is 14.9. The summed E-state index contributed by atoms with van der Waals surface area (Å²) in [5.41, 5.74) is -0.523. The number of ether oxygens (including phenoxy) is 1. The van der Waals surface area contributed by atoms with Crippen LogP contribution in [0.15, 0.2) is 4.99 Å². The van der Waals surface area contributed by atoms with Crippen molar-refractivity contribution >= 4 is 18.5 Å². The molecule has 0 bridgehead atoms. The molecular weight excluding hydrogens is 230 g/mol. The second kappa shape index (κ2) is 6.66. The summed E-state index contributed by atoms with van der Waals surface area (Å²) < 4.78 is 5.12. The minimum Gasteiger partial charge on any atom is -0.456 e. The van der Waals surface area contributed by atoms with Crippen LogP contribution in [0.5, 0.6) is 0 Å². The standard InChI is InChI=1S/C14H23NO3/c1-14(2,3)18-13(17)9-15-12(10-16)11-7-5-4-6-8-11/h9-12H,4-8H2,1-3H3/t12-/m1/s1. The fraction of sp³-hybridized carbons (Fsp3) is 0.786. The van der Waals surface area contributed by atoms with Gasteiger partial charge in [-0.05, 0) is 39.5 Å². The van der Waals surface area contributed by atoms with Gasteiger partial charge in [0.2, 0.25) is 0 Å². The van der Waals surface area contributed by atoms with Gasteiger partial charge in [-0.25, -0.2) is 4.79 Å². The van der Waals surface area contributed by atoms with Crippen LogP contribution in [0.3, 0.4) is 0 Å². The Kier molecular flexibility index (Phi) is 5.51. The fourth-order valence-corrected chi connectivity index (χ4v) is 2.22. The molecule has 0 aliphatic heterocycles. The molecule has 0 heterocycles. The molecule has 0 spiro atoms. The van der Waals surface area contributed by atoms with Gasteiger partial charge in [0.25, 0.3) is 0 Å². The number of carbonyl (C=O) groups excluding carboxylic acids is 2. The van der Waals surface area contributed by atoms with E-state index in [1.54, 1.807) is 20.8 Å². The van der Waals surface area contributed by atoms with Crippen LogP contribution in [0.1, 0.15) is 52.9 Å². The van der Waals surface area contributed by atoms with Crippen LogP contribution < -0.4 is 0 Å². The monoisotopic (exact) mass is 253 g/mol. The normalized spacial score (nSPS) is 19.7. The molecule has 0 unspecified atom stereocenters. The zero-order chi connectivity index (χ0) is 13.6. The lowest BCUT2D eigenvalue weighted by Gasteiger charge is -2.24. The lowest BCUT2D eigenvalue weighted by Crippen LogP contribution is -2.27. The first-order valence-corrected chi connectivity index (χ1v) is 6.64. The number of esters is 1. The molecule has 1 saturated carbocycles. The van der Waals surface area contributed by atoms with Crippen LogP contribution in [0.4, 0.5) is 0 Å². The summed E-state index contributed by atoms with van der Waals surface area (Å²) in [6, 6.07) is -0.391. The highest BCUT2D eigenvalue weighted by atomic mass is 16.6. The Morgan fingerprint density at radius 1 is 1.28 bits per heavy atom. The van der Waals surface area contributed by atoms with E-state index in [1.807, 2.05) is 0 Å². The van der Waals surface area contributed by atoms with E-state index >= 15 is 0 Å². The van der Waals surface area contributed by atoms with Gasteiger partial charge in [0, 0.05) is 0 Å². The van der Waals surface area contributed by atoms with Gasteiger partial charge < -0.3 is 9.53 Å². The average molecular weight is 253 g/mol. The Morgan fingerprint density at radius 3 is 2.39 bits per heavy atom. The smallest absolute Gasteiger partial charge is 0.349 e. The van der Waals surface area contributed by atoms with E-state index < -0.39 is 17.6 Å². The molecule has 1 rings (SSSR count). The second-order valence-corrected chi connectivity index (χ2v) is 5.84. The van der Waals surface area contributed by atoms with Gasteiger partial charge in [-0.15, -0.1) is 0 Å². The van der Waals surface area contributed by atoms with Crippen LogP contribution >= 0.6 is 0 Å². The van der Waals surface area contributed by atoms with Crippen molar-refractivity contribution in [2.24, 2.45) is 10.9 Å². The number of rotatable bonds is 4. The Balaban J connectivity index is 2.51. The minimum atomic E-state index is -0.523. The molecule has 0 radical (unpaired) electrons. The van der Waals surface area contributed by atoms with Crippen molar-refractivity contribution in [1.29, 1.82) is 0 Å². The largest absolute Gasteiger partial charge is 0.456 e. The van der Waals surface area contributed by atoms with Gasteiger partial charge in [-0.3, -0.25) is 4.99 Å². The highest BCUT2D eigenvalue weighted by Gasteiger charge is 2.23. The van der Waals surface area contributed by atoms with Gasteiger partial charge >= 0.3 is 5.97 Å². The third kappa shape index (κ3) is 5.43. The average Bonchev–Trinajstić information content (AvgIpc) is 2.29. The van der Waals surface area contributed by atoms with E-state index in [0.717, 1.165) is 38.2 Å². The third-order valence-electron chi connectivity index (χ3n) is 3.03. The lowest BCUT2D eigenvalue weighted by atomic mass is 9.85. The summed E-state index contributed by atoms with van der Waals surface area (Å²) in [6.45, 7) is 5.41. The SMILES string of the molecule is CC(C)(C)OC(=O)C=N[C@H](C=O)C1CCCCC1. The van der Waals surface area contributed by atoms with Crippen molar-refractivity contribution in [2.45, 2.75) is 64.5 Å². The van der Waals surface area contributed by atoms with E-state index in [9.17, 15) is 9.59 Å². The molecule has 1 aliphatic rings. The number of hydrogen-bond acceptors (Lipinski definition) is 4. The van der Waals surface area contributed by atoms with Crippen molar-refractivity contribution in [3.8, 4) is 0 Å². The van der Waals surface area contributed by atoms with Crippen molar-refractivity contribution in [3.05, 3.63) is 0 Å². The Hall–Kier alpha value is -1.19. The maximum absolute atomic E-state index is 11.5. The second-order valence-electron chi connectivity index (χ2n) is 5.84. The van der Waals surface area contributed by atoms with Gasteiger partial charge in [-0.1, -0.05) is 19.3 Å². The van der Waals surface area contributed by atoms with E-state index in [0.29, 0.717) is 0 Å². The van der Waals surface area contributed by atoms with Gasteiger partial charge in [0.05, 0.1) is 0 Å². The summed E-state index contributed by atoms with van der Waals surface area (Å²) in [7, 11) is 0. The minimum absolute atomic E-state index is 0.287. The highest BCUT2D eigenvalue weighted by molar-refractivity contribution is 6.23. The van der Waals surface area contributed by atoms with Crippen LogP contribution in [0.2, 0.25) is 0 Å². The zero-order valence-electron chi connectivity index (χ0n) is 11.5. The number of hydrogen-bond donors (Lipinski definition) is 0. The quantitative estimate of drug-likeness (QED) is 0.439. The molecule has 0 aromatic heterocycles. The highest BCUT2D eigenvalue weighted by Crippen LogP contribution is 2.27. The Labute approximate surface area is 109 Å². The summed E-state index contributed by atoms with van der Waals surface area (Å²) in [5.74, 6) is -0.194. The van der Waals surface area contributed by atoms with E-state index in [-0.39, 0.29) is 5.92 Å². The van der Waals surface area contributed by atoms with Crippen molar-refractivity contribution in [1.82, 2.24) is 0 Å².